The molecule has 0 radical (unpaired) electrons. The third-order valence-corrected chi connectivity index (χ3v) is 1.94. The molecule has 0 aromatic heterocycles. The van der Waals surface area contributed by atoms with E-state index in [2.05, 4.69) is 0 Å². The minimum atomic E-state index is -0.789. The fraction of sp³-hybridized carbons (Fsp3) is 1.00. The van der Waals surface area contributed by atoms with Gasteiger partial charge in [-0.15, -0.1) is 0 Å². The summed E-state index contributed by atoms with van der Waals surface area (Å²) in [5.41, 5.74) is 0. The predicted octanol–water partition coefficient (Wildman–Crippen LogP) is -1.07. The molecule has 0 spiro atoms. The van der Waals surface area contributed by atoms with Crippen molar-refractivity contribution >= 4 is 45.4 Å². The molecule has 0 saturated heterocycles. The van der Waals surface area contributed by atoms with Crippen molar-refractivity contribution in [2.24, 2.45) is 0 Å². The summed E-state index contributed by atoms with van der Waals surface area (Å²) in [7, 11) is 3.30. The Bertz CT molecular complexity index is 68.6. The first kappa shape index (κ1) is 15.8. The number of rotatable bonds is 8. The van der Waals surface area contributed by atoms with Gasteiger partial charge in [0.25, 0.3) is 0 Å². The van der Waals surface area contributed by atoms with Crippen molar-refractivity contribution < 1.29 is 17.1 Å². The van der Waals surface area contributed by atoms with E-state index in [1.807, 2.05) is 0 Å². The van der Waals surface area contributed by atoms with E-state index in [1.165, 1.54) is 0 Å². The van der Waals surface area contributed by atoms with E-state index >= 15 is 0 Å². The van der Waals surface area contributed by atoms with Crippen molar-refractivity contribution in [1.82, 2.24) is 0 Å². The Hall–Kier alpha value is 1.37. The van der Waals surface area contributed by atoms with Gasteiger partial charge in [-0.25, -0.2) is 0 Å². The zero-order chi connectivity index (χ0) is 8.36. The predicted molar refractivity (Wildman–Crippen MR) is 50.0 cm³/mol. The molecule has 4 nitrogen and oxygen atoms in total. The van der Waals surface area contributed by atoms with Gasteiger partial charge in [0.15, 0.2) is 0 Å². The fourth-order valence-electron chi connectivity index (χ4n) is 0.461. The average molecular weight is 202 g/mol. The van der Waals surface area contributed by atoms with Crippen molar-refractivity contribution in [3.8, 4) is 0 Å². The third-order valence-electron chi connectivity index (χ3n) is 1.03. The summed E-state index contributed by atoms with van der Waals surface area (Å²) in [4.78, 5) is 0. The molecule has 0 aromatic rings. The molecule has 12 heavy (non-hydrogen) atoms. The summed E-state index contributed by atoms with van der Waals surface area (Å²) in [5, 5.41) is 0. The first-order valence-corrected chi connectivity index (χ1v) is 4.70. The first-order valence-electron chi connectivity index (χ1n) is 3.55. The summed E-state index contributed by atoms with van der Waals surface area (Å²) in [6, 6.07) is 0. The molecule has 0 fully saturated rings. The van der Waals surface area contributed by atoms with Crippen LogP contribution < -0.4 is 0 Å². The minimum absolute atomic E-state index is 0. The first-order chi connectivity index (χ1) is 5.41. The second kappa shape index (κ2) is 14.9. The summed E-state index contributed by atoms with van der Waals surface area (Å²) >= 11 is -0.789. The van der Waals surface area contributed by atoms with Crippen LogP contribution in [0.4, 0.5) is 0 Å². The molecule has 0 aliphatic carbocycles. The molecule has 0 amide bonds. The summed E-state index contributed by atoms with van der Waals surface area (Å²) in [6.45, 7) is 2.55. The standard InChI is InChI=1S/2C3H7O2.Al.Na.2H/c2*1-5-3-2-4;;;;/h2*2-3H2,1H3;;;;/q2*-1;+2;;;. The zero-order valence-corrected chi connectivity index (χ0v) is 8.58. The number of methoxy groups -OCH3 is 2. The zero-order valence-electron chi connectivity index (χ0n) is 7.17. The van der Waals surface area contributed by atoms with Gasteiger partial charge in [-0.05, 0) is 0 Å². The van der Waals surface area contributed by atoms with Crippen LogP contribution in [-0.4, -0.2) is 86.1 Å². The SMILES string of the molecule is COCC[O][AlH][O]CCOC.[NaH]. The summed E-state index contributed by atoms with van der Waals surface area (Å²) in [5.74, 6) is 0. The average Bonchev–Trinajstić information content (AvgIpc) is 2.03. The van der Waals surface area contributed by atoms with E-state index in [0.29, 0.717) is 26.4 Å². The molecular weight excluding hydrogens is 186 g/mol. The maximum absolute atomic E-state index is 5.16. The number of hydrogen-bond donors (Lipinski definition) is 0. The van der Waals surface area contributed by atoms with E-state index in [9.17, 15) is 0 Å². The Balaban J connectivity index is 0. The van der Waals surface area contributed by atoms with Gasteiger partial charge >= 0.3 is 45.4 Å². The van der Waals surface area contributed by atoms with Gasteiger partial charge in [-0.3, -0.25) is 0 Å². The Morgan fingerprint density at radius 2 is 1.25 bits per heavy atom. The van der Waals surface area contributed by atoms with Gasteiger partial charge in [0.2, 0.25) is 0 Å². The van der Waals surface area contributed by atoms with Crippen LogP contribution in [0.1, 0.15) is 0 Å². The van der Waals surface area contributed by atoms with Crippen LogP contribution in [0.25, 0.3) is 0 Å². The monoisotopic (exact) mass is 202 g/mol. The molecule has 0 bridgehead atoms. The van der Waals surface area contributed by atoms with Crippen molar-refractivity contribution in [2.45, 2.75) is 0 Å². The van der Waals surface area contributed by atoms with Crippen LogP contribution in [0.5, 0.6) is 0 Å². The topological polar surface area (TPSA) is 36.9 Å². The fourth-order valence-corrected chi connectivity index (χ4v) is 1.05. The van der Waals surface area contributed by atoms with Gasteiger partial charge in [0, 0.05) is 27.4 Å². The van der Waals surface area contributed by atoms with Gasteiger partial charge < -0.3 is 17.1 Å². The molecule has 0 N–H and O–H groups in total. The van der Waals surface area contributed by atoms with Crippen molar-refractivity contribution in [3.63, 3.8) is 0 Å². The Morgan fingerprint density at radius 1 is 0.833 bits per heavy atom. The second-order valence-electron chi connectivity index (χ2n) is 1.92. The second-order valence-corrected chi connectivity index (χ2v) is 2.97. The van der Waals surface area contributed by atoms with E-state index in [1.54, 1.807) is 14.2 Å². The van der Waals surface area contributed by atoms with Crippen LogP contribution in [0.3, 0.4) is 0 Å². The van der Waals surface area contributed by atoms with Crippen LogP contribution >= 0.6 is 0 Å². The van der Waals surface area contributed by atoms with E-state index in [0.717, 1.165) is 0 Å². The Kier molecular flexibility index (Phi) is 19.6. The van der Waals surface area contributed by atoms with Gasteiger partial charge in [-0.2, -0.15) is 0 Å². The molecule has 0 aliphatic heterocycles. The van der Waals surface area contributed by atoms with E-state index in [-0.39, 0.29) is 29.6 Å². The van der Waals surface area contributed by atoms with Gasteiger partial charge in [-0.1, -0.05) is 0 Å². The van der Waals surface area contributed by atoms with Gasteiger partial charge in [0.05, 0.1) is 13.2 Å². The molecule has 0 saturated carbocycles. The van der Waals surface area contributed by atoms with Crippen LogP contribution in [0.15, 0.2) is 0 Å². The molecular formula is C6H16AlNaO4. The third kappa shape index (κ3) is 13.9. The molecule has 0 heterocycles. The van der Waals surface area contributed by atoms with Crippen LogP contribution in [0.2, 0.25) is 0 Å². The van der Waals surface area contributed by atoms with E-state index < -0.39 is 15.9 Å². The van der Waals surface area contributed by atoms with Crippen molar-refractivity contribution in [1.29, 1.82) is 0 Å². The molecule has 0 rings (SSSR count). The molecule has 0 aliphatic rings. The Morgan fingerprint density at radius 3 is 1.58 bits per heavy atom. The Labute approximate surface area is 103 Å². The van der Waals surface area contributed by atoms with Crippen molar-refractivity contribution in [2.75, 3.05) is 40.6 Å². The van der Waals surface area contributed by atoms with Gasteiger partial charge in [0.1, 0.15) is 0 Å². The molecule has 0 atom stereocenters. The van der Waals surface area contributed by atoms with Crippen LogP contribution in [-0.2, 0) is 17.1 Å². The number of hydrogen-bond acceptors (Lipinski definition) is 4. The summed E-state index contributed by atoms with van der Waals surface area (Å²) < 4.78 is 19.9. The van der Waals surface area contributed by atoms with E-state index in [4.69, 9.17) is 17.1 Å². The molecule has 6 heteroatoms. The normalized spacial score (nSPS) is 9.17. The number of ether oxygens (including phenoxy) is 2. The summed E-state index contributed by atoms with van der Waals surface area (Å²) in [6.07, 6.45) is 0. The van der Waals surface area contributed by atoms with Crippen molar-refractivity contribution in [3.05, 3.63) is 0 Å². The van der Waals surface area contributed by atoms with Crippen LogP contribution in [0, 0.1) is 0 Å². The quantitative estimate of drug-likeness (QED) is 0.371. The molecule has 0 aromatic carbocycles. The molecule has 68 valence electrons. The molecule has 0 unspecified atom stereocenters. The maximum atomic E-state index is 5.16.